The Hall–Kier alpha value is -0.130. The lowest BCUT2D eigenvalue weighted by atomic mass is 9.95. The largest absolute Gasteiger partial charge is 0.396 e. The predicted octanol–water partition coefficient (Wildman–Crippen LogP) is 0.950. The fourth-order valence-electron chi connectivity index (χ4n) is 1.37. The zero-order chi connectivity index (χ0) is 12.8. The summed E-state index contributed by atoms with van der Waals surface area (Å²) >= 11 is 0. The maximum Gasteiger partial charge on any atom is 0.153 e. The van der Waals surface area contributed by atoms with Crippen LogP contribution in [0.2, 0.25) is 0 Å². The number of nitrogens with one attached hydrogen (secondary N) is 1. The van der Waals surface area contributed by atoms with Crippen molar-refractivity contribution in [1.29, 1.82) is 0 Å². The summed E-state index contributed by atoms with van der Waals surface area (Å²) in [4.78, 5) is 0. The standard InChI is InChI=1S/C11H25NO3S/c1-5-11(4,6-8-13)12-7-9-16(14,15)10(2)3/h10,12-13H,5-9H2,1-4H3. The number of sulfone groups is 1. The van der Waals surface area contributed by atoms with Crippen molar-refractivity contribution in [2.75, 3.05) is 18.9 Å². The van der Waals surface area contributed by atoms with E-state index in [0.717, 1.165) is 6.42 Å². The van der Waals surface area contributed by atoms with Crippen LogP contribution in [0.3, 0.4) is 0 Å². The number of hydrogen-bond donors (Lipinski definition) is 2. The van der Waals surface area contributed by atoms with Gasteiger partial charge in [0.15, 0.2) is 9.84 Å². The van der Waals surface area contributed by atoms with Crippen LogP contribution in [0.15, 0.2) is 0 Å². The van der Waals surface area contributed by atoms with Crippen molar-refractivity contribution in [3.63, 3.8) is 0 Å². The monoisotopic (exact) mass is 251 g/mol. The van der Waals surface area contributed by atoms with E-state index >= 15 is 0 Å². The van der Waals surface area contributed by atoms with Gasteiger partial charge in [-0.3, -0.25) is 0 Å². The Morgan fingerprint density at radius 2 is 1.94 bits per heavy atom. The molecule has 5 heteroatoms. The topological polar surface area (TPSA) is 66.4 Å². The van der Waals surface area contributed by atoms with Crippen LogP contribution in [0.1, 0.15) is 40.5 Å². The minimum atomic E-state index is -2.97. The van der Waals surface area contributed by atoms with Crippen LogP contribution in [0.4, 0.5) is 0 Å². The highest BCUT2D eigenvalue weighted by molar-refractivity contribution is 7.92. The molecule has 0 aliphatic carbocycles. The summed E-state index contributed by atoms with van der Waals surface area (Å²) in [5, 5.41) is 11.8. The molecule has 0 fully saturated rings. The van der Waals surface area contributed by atoms with Gasteiger partial charge in [-0.15, -0.1) is 0 Å². The number of aliphatic hydroxyl groups is 1. The lowest BCUT2D eigenvalue weighted by Gasteiger charge is -2.29. The number of hydrogen-bond acceptors (Lipinski definition) is 4. The quantitative estimate of drug-likeness (QED) is 0.674. The fourth-order valence-corrected chi connectivity index (χ4v) is 2.23. The van der Waals surface area contributed by atoms with Crippen molar-refractivity contribution in [2.24, 2.45) is 0 Å². The van der Waals surface area contributed by atoms with Crippen molar-refractivity contribution in [3.8, 4) is 0 Å². The Bertz CT molecular complexity index is 288. The van der Waals surface area contributed by atoms with Gasteiger partial charge in [0.1, 0.15) is 0 Å². The van der Waals surface area contributed by atoms with Crippen LogP contribution in [0.5, 0.6) is 0 Å². The maximum absolute atomic E-state index is 11.6. The summed E-state index contributed by atoms with van der Waals surface area (Å²) in [7, 11) is -2.97. The maximum atomic E-state index is 11.6. The zero-order valence-corrected chi connectivity index (χ0v) is 11.6. The van der Waals surface area contributed by atoms with Crippen molar-refractivity contribution in [3.05, 3.63) is 0 Å². The second-order valence-corrected chi connectivity index (χ2v) is 7.41. The van der Waals surface area contributed by atoms with Crippen LogP contribution in [-0.2, 0) is 9.84 Å². The van der Waals surface area contributed by atoms with E-state index in [1.54, 1.807) is 13.8 Å². The first kappa shape index (κ1) is 15.9. The fraction of sp³-hybridized carbons (Fsp3) is 1.00. The predicted molar refractivity (Wildman–Crippen MR) is 67.3 cm³/mol. The molecule has 98 valence electrons. The van der Waals surface area contributed by atoms with Gasteiger partial charge in [0.25, 0.3) is 0 Å². The minimum Gasteiger partial charge on any atom is -0.396 e. The number of aliphatic hydroxyl groups excluding tert-OH is 1. The zero-order valence-electron chi connectivity index (χ0n) is 10.8. The molecule has 1 atom stereocenters. The van der Waals surface area contributed by atoms with Gasteiger partial charge in [-0.1, -0.05) is 6.92 Å². The lowest BCUT2D eigenvalue weighted by molar-refractivity contribution is 0.218. The highest BCUT2D eigenvalue weighted by Crippen LogP contribution is 2.13. The van der Waals surface area contributed by atoms with E-state index in [4.69, 9.17) is 5.11 Å². The Kier molecular flexibility index (Phi) is 6.51. The average molecular weight is 251 g/mol. The Balaban J connectivity index is 4.15. The van der Waals surface area contributed by atoms with Gasteiger partial charge in [0.2, 0.25) is 0 Å². The second-order valence-electron chi connectivity index (χ2n) is 4.73. The first-order valence-electron chi connectivity index (χ1n) is 5.85. The summed E-state index contributed by atoms with van der Waals surface area (Å²) in [6.07, 6.45) is 1.51. The summed E-state index contributed by atoms with van der Waals surface area (Å²) in [6.45, 7) is 7.99. The van der Waals surface area contributed by atoms with Crippen molar-refractivity contribution < 1.29 is 13.5 Å². The van der Waals surface area contributed by atoms with Gasteiger partial charge < -0.3 is 10.4 Å². The molecule has 4 nitrogen and oxygen atoms in total. The molecule has 0 bridgehead atoms. The molecular formula is C11H25NO3S. The van der Waals surface area contributed by atoms with Crippen molar-refractivity contribution >= 4 is 9.84 Å². The molecule has 0 aliphatic rings. The summed E-state index contributed by atoms with van der Waals surface area (Å²) in [5.41, 5.74) is -0.165. The third kappa shape index (κ3) is 5.27. The van der Waals surface area contributed by atoms with E-state index in [1.165, 1.54) is 0 Å². The van der Waals surface area contributed by atoms with Crippen LogP contribution in [-0.4, -0.2) is 43.2 Å². The van der Waals surface area contributed by atoms with E-state index in [1.807, 2.05) is 13.8 Å². The highest BCUT2D eigenvalue weighted by atomic mass is 32.2. The van der Waals surface area contributed by atoms with Crippen LogP contribution in [0, 0.1) is 0 Å². The molecule has 0 aliphatic heterocycles. The molecule has 2 N–H and O–H groups in total. The summed E-state index contributed by atoms with van der Waals surface area (Å²) in [5.74, 6) is 0.158. The van der Waals surface area contributed by atoms with Gasteiger partial charge in [-0.25, -0.2) is 8.42 Å². The average Bonchev–Trinajstić information content (AvgIpc) is 2.17. The molecule has 0 rings (SSSR count). The Labute approximate surface area is 99.4 Å². The van der Waals surface area contributed by atoms with Gasteiger partial charge in [0, 0.05) is 18.7 Å². The molecule has 0 spiro atoms. The number of rotatable bonds is 8. The van der Waals surface area contributed by atoms with E-state index in [0.29, 0.717) is 13.0 Å². The molecule has 0 saturated carbocycles. The van der Waals surface area contributed by atoms with Gasteiger partial charge in [-0.05, 0) is 33.6 Å². The third-order valence-corrected chi connectivity index (χ3v) is 5.31. The van der Waals surface area contributed by atoms with Crippen LogP contribution < -0.4 is 5.32 Å². The third-order valence-electron chi connectivity index (χ3n) is 3.10. The first-order valence-corrected chi connectivity index (χ1v) is 7.56. The first-order chi connectivity index (χ1) is 7.27. The van der Waals surface area contributed by atoms with Crippen molar-refractivity contribution in [2.45, 2.75) is 51.3 Å². The van der Waals surface area contributed by atoms with Gasteiger partial charge in [0.05, 0.1) is 11.0 Å². The smallest absolute Gasteiger partial charge is 0.153 e. The molecule has 0 heterocycles. The molecule has 0 radical (unpaired) electrons. The minimum absolute atomic E-state index is 0.119. The molecule has 0 aromatic carbocycles. The van der Waals surface area contributed by atoms with Gasteiger partial charge in [-0.2, -0.15) is 0 Å². The molecule has 0 aromatic rings. The Morgan fingerprint density at radius 3 is 2.31 bits per heavy atom. The highest BCUT2D eigenvalue weighted by Gasteiger charge is 2.22. The van der Waals surface area contributed by atoms with Crippen LogP contribution >= 0.6 is 0 Å². The second kappa shape index (κ2) is 6.57. The SMILES string of the molecule is CCC(C)(CCO)NCCS(=O)(=O)C(C)C. The van der Waals surface area contributed by atoms with Gasteiger partial charge >= 0.3 is 0 Å². The van der Waals surface area contributed by atoms with E-state index in [-0.39, 0.29) is 23.1 Å². The summed E-state index contributed by atoms with van der Waals surface area (Å²) in [6, 6.07) is 0. The lowest BCUT2D eigenvalue weighted by Crippen LogP contribution is -2.45. The van der Waals surface area contributed by atoms with E-state index in [9.17, 15) is 8.42 Å². The molecule has 0 saturated heterocycles. The Morgan fingerprint density at radius 1 is 1.38 bits per heavy atom. The molecular weight excluding hydrogens is 226 g/mol. The molecule has 0 aromatic heterocycles. The molecule has 1 unspecified atom stereocenters. The van der Waals surface area contributed by atoms with Crippen LogP contribution in [0.25, 0.3) is 0 Å². The summed E-state index contributed by atoms with van der Waals surface area (Å²) < 4.78 is 23.1. The van der Waals surface area contributed by atoms with Crippen molar-refractivity contribution in [1.82, 2.24) is 5.32 Å². The van der Waals surface area contributed by atoms with E-state index < -0.39 is 9.84 Å². The van der Waals surface area contributed by atoms with E-state index in [2.05, 4.69) is 5.32 Å². The molecule has 0 amide bonds. The molecule has 16 heavy (non-hydrogen) atoms. The normalized spacial score (nSPS) is 16.4.